The van der Waals surface area contributed by atoms with Crippen LogP contribution in [-0.2, 0) is 4.79 Å². The summed E-state index contributed by atoms with van der Waals surface area (Å²) in [6.07, 6.45) is 2.27. The van der Waals surface area contributed by atoms with Gasteiger partial charge < -0.3 is 0 Å². The highest BCUT2D eigenvalue weighted by atomic mass is 35.5. The van der Waals surface area contributed by atoms with Gasteiger partial charge in [-0.3, -0.25) is 9.69 Å². The lowest BCUT2D eigenvalue weighted by molar-refractivity contribution is -0.115. The quantitative estimate of drug-likeness (QED) is 0.423. The highest BCUT2D eigenvalue weighted by Gasteiger charge is 2.29. The second-order valence-electron chi connectivity index (χ2n) is 7.52. The molecule has 31 heavy (non-hydrogen) atoms. The van der Waals surface area contributed by atoms with E-state index in [2.05, 4.69) is 15.1 Å². The van der Waals surface area contributed by atoms with Crippen LogP contribution in [-0.4, -0.2) is 44.3 Å². The maximum Gasteiger partial charge on any atom is 0.184 e. The first-order valence-electron chi connectivity index (χ1n) is 10.1. The van der Waals surface area contributed by atoms with Gasteiger partial charge in [0.2, 0.25) is 0 Å². The van der Waals surface area contributed by atoms with Gasteiger partial charge in [-0.25, -0.2) is 9.07 Å². The molecule has 0 bridgehead atoms. The molecule has 2 aromatic carbocycles. The van der Waals surface area contributed by atoms with Crippen LogP contribution < -0.4 is 0 Å². The van der Waals surface area contributed by atoms with Crippen molar-refractivity contribution in [2.75, 3.05) is 13.1 Å². The molecular formula is C23H19ClFN5O. The third kappa shape index (κ3) is 3.49. The summed E-state index contributed by atoms with van der Waals surface area (Å²) in [7, 11) is 0. The Bertz CT molecular complexity index is 1250. The Morgan fingerprint density at radius 1 is 0.968 bits per heavy atom. The summed E-state index contributed by atoms with van der Waals surface area (Å²) in [6.45, 7) is 1.59. The van der Waals surface area contributed by atoms with Gasteiger partial charge in [0.1, 0.15) is 17.2 Å². The van der Waals surface area contributed by atoms with E-state index in [1.54, 1.807) is 16.8 Å². The van der Waals surface area contributed by atoms with Gasteiger partial charge >= 0.3 is 0 Å². The summed E-state index contributed by atoms with van der Waals surface area (Å²) in [5.74, 6) is -0.381. The first-order chi connectivity index (χ1) is 15.2. The average molecular weight is 436 g/mol. The molecule has 0 N–H and O–H groups in total. The molecule has 1 saturated heterocycles. The van der Waals surface area contributed by atoms with Crippen LogP contribution in [0.4, 0.5) is 4.39 Å². The normalized spacial score (nSPS) is 15.4. The van der Waals surface area contributed by atoms with Gasteiger partial charge in [0.25, 0.3) is 0 Å². The number of fused-ring (bicyclic) bond motifs is 1. The minimum atomic E-state index is -0.625. The van der Waals surface area contributed by atoms with Gasteiger partial charge in [-0.2, -0.15) is 5.10 Å². The summed E-state index contributed by atoms with van der Waals surface area (Å²) >= 11 is 6.84. The Balaban J connectivity index is 1.78. The molecule has 0 aliphatic carbocycles. The minimum absolute atomic E-state index is 0.368. The molecule has 0 amide bonds. The number of carbonyl (C=O) groups is 1. The molecule has 8 heteroatoms. The van der Waals surface area contributed by atoms with E-state index in [0.29, 0.717) is 33.0 Å². The fourth-order valence-electron chi connectivity index (χ4n) is 4.09. The highest BCUT2D eigenvalue weighted by molar-refractivity contribution is 6.38. The lowest BCUT2D eigenvalue weighted by Gasteiger charge is -2.22. The van der Waals surface area contributed by atoms with Crippen LogP contribution in [0.3, 0.4) is 0 Å². The Kier molecular flexibility index (Phi) is 5.21. The van der Waals surface area contributed by atoms with Crippen molar-refractivity contribution >= 4 is 28.9 Å². The predicted molar refractivity (Wildman–Crippen MR) is 117 cm³/mol. The van der Waals surface area contributed by atoms with E-state index in [1.165, 1.54) is 12.1 Å². The van der Waals surface area contributed by atoms with Crippen LogP contribution in [0.2, 0.25) is 5.02 Å². The number of benzene rings is 2. The van der Waals surface area contributed by atoms with E-state index >= 15 is 0 Å². The van der Waals surface area contributed by atoms with Gasteiger partial charge in [0.05, 0.1) is 10.4 Å². The van der Waals surface area contributed by atoms with Crippen molar-refractivity contribution in [2.45, 2.75) is 19.0 Å². The zero-order valence-corrected chi connectivity index (χ0v) is 17.3. The third-order valence-corrected chi connectivity index (χ3v) is 5.96. The second kappa shape index (κ2) is 8.17. The fraction of sp³-hybridized carbons (Fsp3) is 0.217. The molecule has 1 aliphatic rings. The minimum Gasteiger partial charge on any atom is -0.299 e. The molecule has 6 nitrogen and oxygen atoms in total. The fourth-order valence-corrected chi connectivity index (χ4v) is 4.41. The Morgan fingerprint density at radius 2 is 1.71 bits per heavy atom. The van der Waals surface area contributed by atoms with E-state index in [1.807, 2.05) is 30.3 Å². The molecule has 0 radical (unpaired) electrons. The third-order valence-electron chi connectivity index (χ3n) is 5.59. The summed E-state index contributed by atoms with van der Waals surface area (Å²) in [4.78, 5) is 14.1. The maximum absolute atomic E-state index is 14.0. The van der Waals surface area contributed by atoms with Crippen LogP contribution in [0.15, 0.2) is 54.6 Å². The number of rotatable bonds is 5. The van der Waals surface area contributed by atoms with E-state index in [9.17, 15) is 9.18 Å². The largest absolute Gasteiger partial charge is 0.299 e. The number of aromatic nitrogens is 4. The van der Waals surface area contributed by atoms with Gasteiger partial charge in [-0.15, -0.1) is 10.2 Å². The molecule has 0 saturated carbocycles. The smallest absolute Gasteiger partial charge is 0.184 e. The number of aldehydes is 1. The van der Waals surface area contributed by atoms with Crippen LogP contribution >= 0.6 is 11.6 Å². The SMILES string of the molecule is O=CC(N1CCCC1)n1nc(-c2cccc(F)c2)c2c(Cl)c(-c3ccccc3)nnc21. The van der Waals surface area contributed by atoms with E-state index < -0.39 is 6.17 Å². The number of hydrogen-bond donors (Lipinski definition) is 0. The monoisotopic (exact) mass is 435 g/mol. The van der Waals surface area contributed by atoms with Crippen molar-refractivity contribution in [3.63, 3.8) is 0 Å². The molecule has 2 aromatic heterocycles. The maximum atomic E-state index is 14.0. The average Bonchev–Trinajstić information content (AvgIpc) is 3.45. The molecule has 1 fully saturated rings. The Morgan fingerprint density at radius 3 is 2.42 bits per heavy atom. The summed E-state index contributed by atoms with van der Waals surface area (Å²) in [5, 5.41) is 14.4. The van der Waals surface area contributed by atoms with Crippen molar-refractivity contribution in [1.82, 2.24) is 24.9 Å². The van der Waals surface area contributed by atoms with E-state index in [0.717, 1.165) is 37.8 Å². The zero-order chi connectivity index (χ0) is 21.4. The number of likely N-dealkylation sites (tertiary alicyclic amines) is 1. The summed E-state index contributed by atoms with van der Waals surface area (Å²) in [6, 6.07) is 15.6. The number of hydrogen-bond acceptors (Lipinski definition) is 5. The van der Waals surface area contributed by atoms with Crippen LogP contribution in [0.5, 0.6) is 0 Å². The van der Waals surface area contributed by atoms with Crippen molar-refractivity contribution in [2.24, 2.45) is 0 Å². The lowest BCUT2D eigenvalue weighted by Crippen LogP contribution is -2.32. The van der Waals surface area contributed by atoms with Crippen LogP contribution in [0, 0.1) is 5.82 Å². The number of nitrogens with zero attached hydrogens (tertiary/aromatic N) is 5. The van der Waals surface area contributed by atoms with Gasteiger partial charge in [-0.1, -0.05) is 54.1 Å². The summed E-state index contributed by atoms with van der Waals surface area (Å²) in [5.41, 5.74) is 2.75. The first-order valence-corrected chi connectivity index (χ1v) is 10.5. The van der Waals surface area contributed by atoms with Crippen LogP contribution in [0.25, 0.3) is 33.5 Å². The van der Waals surface area contributed by atoms with Crippen molar-refractivity contribution in [1.29, 1.82) is 0 Å². The van der Waals surface area contributed by atoms with Crippen molar-refractivity contribution in [3.05, 3.63) is 65.4 Å². The molecule has 4 aromatic rings. The Labute approximate surface area is 183 Å². The lowest BCUT2D eigenvalue weighted by atomic mass is 10.1. The van der Waals surface area contributed by atoms with Gasteiger partial charge in [-0.05, 0) is 25.0 Å². The molecule has 1 unspecified atom stereocenters. The molecule has 1 aliphatic heterocycles. The molecule has 5 rings (SSSR count). The highest BCUT2D eigenvalue weighted by Crippen LogP contribution is 2.38. The Hall–Kier alpha value is -3.16. The van der Waals surface area contributed by atoms with Gasteiger partial charge in [0.15, 0.2) is 18.1 Å². The molecule has 1 atom stereocenters. The number of carbonyl (C=O) groups excluding carboxylic acids is 1. The first kappa shape index (κ1) is 19.8. The predicted octanol–water partition coefficient (Wildman–Crippen LogP) is 4.75. The zero-order valence-electron chi connectivity index (χ0n) is 16.6. The van der Waals surface area contributed by atoms with Crippen LogP contribution in [0.1, 0.15) is 19.0 Å². The standard InChI is InChI=1S/C23H19ClFN5O/c24-20-19-21(16-9-6-10-17(25)13-16)28-30(18(14-31)29-11-4-5-12-29)23(19)27-26-22(20)15-7-2-1-3-8-15/h1-3,6-10,13-14,18H,4-5,11-12H2. The van der Waals surface area contributed by atoms with E-state index in [4.69, 9.17) is 16.7 Å². The second-order valence-corrected chi connectivity index (χ2v) is 7.90. The summed E-state index contributed by atoms with van der Waals surface area (Å²) < 4.78 is 15.6. The van der Waals surface area contributed by atoms with Crippen molar-refractivity contribution < 1.29 is 9.18 Å². The molecule has 156 valence electrons. The number of halogens is 2. The van der Waals surface area contributed by atoms with Crippen molar-refractivity contribution in [3.8, 4) is 22.5 Å². The molecule has 0 spiro atoms. The molecule has 3 heterocycles. The van der Waals surface area contributed by atoms with Gasteiger partial charge in [0, 0.05) is 24.2 Å². The molecular weight excluding hydrogens is 417 g/mol. The topological polar surface area (TPSA) is 63.9 Å². The van der Waals surface area contributed by atoms with E-state index in [-0.39, 0.29) is 5.82 Å².